The Morgan fingerprint density at radius 3 is 1.92 bits per heavy atom. The molecule has 0 aromatic heterocycles. The average molecular weight is 193 g/mol. The zero-order valence-electron chi connectivity index (χ0n) is 7.66. The highest BCUT2D eigenvalue weighted by Gasteiger charge is 2.46. The third-order valence-corrected chi connectivity index (χ3v) is 3.50. The van der Waals surface area contributed by atoms with E-state index >= 15 is 0 Å². The lowest BCUT2D eigenvalue weighted by molar-refractivity contribution is -0.898. The van der Waals surface area contributed by atoms with Gasteiger partial charge >= 0.3 is 6.98 Å². The smallest absolute Gasteiger partial charge is 0.445 e. The van der Waals surface area contributed by atoms with Crippen molar-refractivity contribution in [1.29, 1.82) is 0 Å². The van der Waals surface area contributed by atoms with Gasteiger partial charge in [0.2, 0.25) is 0 Å². The van der Waals surface area contributed by atoms with Gasteiger partial charge in [-0.25, -0.2) is 0 Å². The predicted molar refractivity (Wildman–Crippen MR) is 45.5 cm³/mol. The molecule has 2 rings (SSSR count). The largest absolute Gasteiger partial charge is 0.531 e. The van der Waals surface area contributed by atoms with Crippen LogP contribution in [0.3, 0.4) is 0 Å². The van der Waals surface area contributed by atoms with Crippen LogP contribution in [0.15, 0.2) is 0 Å². The van der Waals surface area contributed by atoms with E-state index in [1.165, 1.54) is 12.8 Å². The molecule has 1 N–H and O–H groups in total. The molecule has 2 fully saturated rings. The van der Waals surface area contributed by atoms with E-state index in [0.717, 1.165) is 30.8 Å². The van der Waals surface area contributed by atoms with Crippen LogP contribution < -0.4 is 4.90 Å². The van der Waals surface area contributed by atoms with E-state index in [2.05, 4.69) is 0 Å². The SMILES string of the molecule is F[B-](F)(F)C[NH+]1CCC2(CC1)CC2. The minimum absolute atomic E-state index is 0.502. The van der Waals surface area contributed by atoms with Crippen LogP contribution in [0, 0.1) is 5.41 Å². The number of likely N-dealkylation sites (tertiary alicyclic amines) is 1. The molecule has 0 unspecified atom stereocenters. The summed E-state index contributed by atoms with van der Waals surface area (Å²) in [6.45, 7) is -3.10. The zero-order valence-corrected chi connectivity index (χ0v) is 7.66. The van der Waals surface area contributed by atoms with Crippen molar-refractivity contribution in [3.8, 4) is 0 Å². The molecule has 1 aliphatic carbocycles. The van der Waals surface area contributed by atoms with Crippen molar-refractivity contribution in [2.75, 3.05) is 19.5 Å². The van der Waals surface area contributed by atoms with E-state index in [1.54, 1.807) is 0 Å². The van der Waals surface area contributed by atoms with Gasteiger partial charge in [-0.15, -0.1) is 0 Å². The molecule has 0 aromatic rings. The number of rotatable bonds is 2. The summed E-state index contributed by atoms with van der Waals surface area (Å²) in [5.74, 6) is 0. The molecular formula is C8H15BF3N. The number of piperidine rings is 1. The lowest BCUT2D eigenvalue weighted by atomic mass is 9.87. The fraction of sp³-hybridized carbons (Fsp3) is 1.00. The van der Waals surface area contributed by atoms with Crippen LogP contribution >= 0.6 is 0 Å². The van der Waals surface area contributed by atoms with Crippen LogP contribution in [0.4, 0.5) is 12.9 Å². The second-order valence-corrected chi connectivity index (χ2v) is 4.66. The third kappa shape index (κ3) is 2.39. The quantitative estimate of drug-likeness (QED) is 0.619. The highest BCUT2D eigenvalue weighted by atomic mass is 19.4. The Bertz CT molecular complexity index is 190. The van der Waals surface area contributed by atoms with Crippen molar-refractivity contribution in [2.45, 2.75) is 25.7 Å². The molecule has 0 radical (unpaired) electrons. The number of quaternary nitrogens is 1. The summed E-state index contributed by atoms with van der Waals surface area (Å²) in [7, 11) is 0. The first-order chi connectivity index (χ1) is 5.99. The van der Waals surface area contributed by atoms with E-state index in [-0.39, 0.29) is 0 Å². The molecule has 0 bridgehead atoms. The van der Waals surface area contributed by atoms with Crippen LogP contribution in [-0.4, -0.2) is 26.5 Å². The molecule has 5 heteroatoms. The number of hydrogen-bond acceptors (Lipinski definition) is 0. The van der Waals surface area contributed by atoms with Crippen molar-refractivity contribution < 1.29 is 17.8 Å². The van der Waals surface area contributed by atoms with E-state index in [9.17, 15) is 12.9 Å². The topological polar surface area (TPSA) is 4.44 Å². The van der Waals surface area contributed by atoms with Crippen molar-refractivity contribution in [3.05, 3.63) is 0 Å². The van der Waals surface area contributed by atoms with E-state index in [0.29, 0.717) is 5.41 Å². The standard InChI is InChI=1S/C8H14BF3N/c10-9(11,12)7-13-5-3-8(1-2-8)4-6-13/h1-7H2/q-1/p+1. The summed E-state index contributed by atoms with van der Waals surface area (Å²) >= 11 is 0. The first-order valence-corrected chi connectivity index (χ1v) is 5.04. The first-order valence-electron chi connectivity index (χ1n) is 5.04. The van der Waals surface area contributed by atoms with Gasteiger partial charge in [-0.1, -0.05) is 0 Å². The molecule has 0 atom stereocenters. The van der Waals surface area contributed by atoms with E-state index in [4.69, 9.17) is 0 Å². The van der Waals surface area contributed by atoms with Crippen LogP contribution in [-0.2, 0) is 0 Å². The molecule has 1 heterocycles. The van der Waals surface area contributed by atoms with Gasteiger partial charge in [-0.2, -0.15) is 0 Å². The summed E-state index contributed by atoms with van der Waals surface area (Å²) in [4.78, 5) is 0.755. The fourth-order valence-corrected chi connectivity index (χ4v) is 2.34. The molecular weight excluding hydrogens is 178 g/mol. The zero-order chi connectivity index (χ0) is 9.53. The molecule has 1 saturated carbocycles. The van der Waals surface area contributed by atoms with Gasteiger partial charge in [0.25, 0.3) is 0 Å². The number of halogens is 3. The Morgan fingerprint density at radius 1 is 1.00 bits per heavy atom. The Hall–Kier alpha value is -0.185. The second kappa shape index (κ2) is 2.90. The Balaban J connectivity index is 1.78. The minimum Gasteiger partial charge on any atom is -0.445 e. The summed E-state index contributed by atoms with van der Waals surface area (Å²) in [6, 6.07) is 0. The molecule has 13 heavy (non-hydrogen) atoms. The Kier molecular flexibility index (Phi) is 2.09. The minimum atomic E-state index is -4.58. The van der Waals surface area contributed by atoms with Gasteiger partial charge in [0.1, 0.15) is 0 Å². The van der Waals surface area contributed by atoms with Crippen LogP contribution in [0.5, 0.6) is 0 Å². The average Bonchev–Trinajstić information content (AvgIpc) is 2.73. The van der Waals surface area contributed by atoms with Crippen molar-refractivity contribution in [1.82, 2.24) is 0 Å². The monoisotopic (exact) mass is 193 g/mol. The molecule has 76 valence electrons. The highest BCUT2D eigenvalue weighted by molar-refractivity contribution is 6.58. The normalized spacial score (nSPS) is 27.9. The van der Waals surface area contributed by atoms with Crippen LogP contribution in [0.25, 0.3) is 0 Å². The van der Waals surface area contributed by atoms with Crippen molar-refractivity contribution in [3.63, 3.8) is 0 Å². The van der Waals surface area contributed by atoms with Gasteiger partial charge in [0, 0.05) is 12.8 Å². The third-order valence-electron chi connectivity index (χ3n) is 3.50. The number of nitrogens with one attached hydrogen (secondary N) is 1. The van der Waals surface area contributed by atoms with Gasteiger partial charge in [-0.05, 0) is 18.3 Å². The molecule has 0 aromatic carbocycles. The maximum absolute atomic E-state index is 12.1. The van der Waals surface area contributed by atoms with Crippen LogP contribution in [0.1, 0.15) is 25.7 Å². The molecule has 1 nitrogen and oxygen atoms in total. The second-order valence-electron chi connectivity index (χ2n) is 4.66. The summed E-state index contributed by atoms with van der Waals surface area (Å²) in [5, 5.41) is 0. The van der Waals surface area contributed by atoms with E-state index < -0.39 is 13.4 Å². The lowest BCUT2D eigenvalue weighted by Gasteiger charge is -2.32. The summed E-state index contributed by atoms with van der Waals surface area (Å²) in [5.41, 5.74) is 0.502. The van der Waals surface area contributed by atoms with E-state index in [1.807, 2.05) is 0 Å². The maximum Gasteiger partial charge on any atom is 0.531 e. The van der Waals surface area contributed by atoms with Crippen molar-refractivity contribution >= 4 is 6.98 Å². The van der Waals surface area contributed by atoms with Gasteiger partial charge in [0.15, 0.2) is 0 Å². The van der Waals surface area contributed by atoms with Gasteiger partial charge < -0.3 is 17.8 Å². The maximum atomic E-state index is 12.1. The Morgan fingerprint density at radius 2 is 1.54 bits per heavy atom. The van der Waals surface area contributed by atoms with Crippen molar-refractivity contribution in [2.24, 2.45) is 5.41 Å². The predicted octanol–water partition coefficient (Wildman–Crippen LogP) is 0.832. The number of hydrogen-bond donors (Lipinski definition) is 1. The summed E-state index contributed by atoms with van der Waals surface area (Å²) < 4.78 is 36.3. The first kappa shape index (κ1) is 9.37. The fourth-order valence-electron chi connectivity index (χ4n) is 2.34. The molecule has 1 spiro atoms. The lowest BCUT2D eigenvalue weighted by Crippen LogP contribution is -3.15. The molecule has 1 saturated heterocycles. The highest BCUT2D eigenvalue weighted by Crippen LogP contribution is 2.51. The van der Waals surface area contributed by atoms with Gasteiger partial charge in [0.05, 0.1) is 19.5 Å². The van der Waals surface area contributed by atoms with Gasteiger partial charge in [-0.3, -0.25) is 0 Å². The van der Waals surface area contributed by atoms with Crippen LogP contribution in [0.2, 0.25) is 0 Å². The Labute approximate surface area is 76.3 Å². The molecule has 2 aliphatic rings. The molecule has 1 aliphatic heterocycles. The summed E-state index contributed by atoms with van der Waals surface area (Å²) in [6.07, 6.45) is 3.99. The molecule has 0 amide bonds.